The molecule has 1 fully saturated rings. The highest BCUT2D eigenvalue weighted by atomic mass is 127. The number of nitrogens with zero attached hydrogens (tertiary/aromatic N) is 4. The molecule has 2 heterocycles. The fraction of sp³-hybridized carbons (Fsp3) is 0.545. The number of aryl methyl sites for hydroxylation is 1. The lowest BCUT2D eigenvalue weighted by Gasteiger charge is -2.37. The van der Waals surface area contributed by atoms with Crippen LogP contribution in [-0.4, -0.2) is 59.5 Å². The predicted octanol–water partition coefficient (Wildman–Crippen LogP) is 3.12. The topological polar surface area (TPSA) is 66.7 Å². The molecule has 1 saturated heterocycles. The summed E-state index contributed by atoms with van der Waals surface area (Å²) in [5, 5.41) is 11.5. The lowest BCUT2D eigenvalue weighted by Crippen LogP contribution is -2.54. The smallest absolute Gasteiger partial charge is 0.193 e. The number of nitrogens with one attached hydrogen (secondary N) is 2. The summed E-state index contributed by atoms with van der Waals surface area (Å²) in [6.07, 6.45) is 3.91. The van der Waals surface area contributed by atoms with E-state index >= 15 is 0 Å². The van der Waals surface area contributed by atoms with Crippen LogP contribution in [0, 0.1) is 0 Å². The fourth-order valence-corrected chi connectivity index (χ4v) is 3.74. The highest BCUT2D eigenvalue weighted by Gasteiger charge is 2.27. The van der Waals surface area contributed by atoms with Gasteiger partial charge in [-0.15, -0.1) is 24.0 Å². The zero-order chi connectivity index (χ0) is 20.9. The molecule has 166 valence electrons. The third kappa shape index (κ3) is 6.68. The van der Waals surface area contributed by atoms with Crippen LogP contribution in [0.15, 0.2) is 47.7 Å². The van der Waals surface area contributed by atoms with Gasteiger partial charge in [0.2, 0.25) is 0 Å². The third-order valence-corrected chi connectivity index (χ3v) is 5.27. The van der Waals surface area contributed by atoms with Crippen molar-refractivity contribution in [2.75, 3.05) is 33.3 Å². The first-order chi connectivity index (χ1) is 13.9. The normalized spacial score (nSPS) is 18.6. The molecule has 1 aliphatic heterocycles. The van der Waals surface area contributed by atoms with Crippen molar-refractivity contribution < 1.29 is 4.74 Å². The third-order valence-electron chi connectivity index (χ3n) is 5.27. The first-order valence-corrected chi connectivity index (χ1v) is 10.3. The zero-order valence-corrected chi connectivity index (χ0v) is 21.0. The van der Waals surface area contributed by atoms with E-state index in [1.807, 2.05) is 37.2 Å². The molecule has 8 heteroatoms. The summed E-state index contributed by atoms with van der Waals surface area (Å²) in [6, 6.07) is 10.8. The maximum absolute atomic E-state index is 5.96. The van der Waals surface area contributed by atoms with E-state index in [0.717, 1.165) is 31.2 Å². The monoisotopic (exact) mass is 526 g/mol. The summed E-state index contributed by atoms with van der Waals surface area (Å²) in [5.74, 6) is 0.907. The van der Waals surface area contributed by atoms with Crippen LogP contribution in [0.25, 0.3) is 0 Å². The number of aliphatic imine (C=N–C) groups is 1. The second kappa shape index (κ2) is 11.1. The van der Waals surface area contributed by atoms with Crippen LogP contribution in [-0.2, 0) is 11.8 Å². The number of rotatable bonds is 6. The molecule has 1 aliphatic rings. The summed E-state index contributed by atoms with van der Waals surface area (Å²) in [7, 11) is 3.76. The summed E-state index contributed by atoms with van der Waals surface area (Å²) < 4.78 is 7.77. The van der Waals surface area contributed by atoms with E-state index in [0.29, 0.717) is 6.61 Å². The van der Waals surface area contributed by atoms with E-state index in [2.05, 4.69) is 70.7 Å². The summed E-state index contributed by atoms with van der Waals surface area (Å²) in [4.78, 5) is 6.77. The highest BCUT2D eigenvalue weighted by Crippen LogP contribution is 2.22. The minimum atomic E-state index is -0.0970. The lowest BCUT2D eigenvalue weighted by molar-refractivity contribution is -0.00811. The maximum Gasteiger partial charge on any atom is 0.193 e. The van der Waals surface area contributed by atoms with Gasteiger partial charge in [-0.2, -0.15) is 5.10 Å². The lowest BCUT2D eigenvalue weighted by atomic mass is 10.0. The molecule has 0 aliphatic carbocycles. The number of ether oxygens (including phenoxy) is 1. The van der Waals surface area contributed by atoms with Gasteiger partial charge in [0.15, 0.2) is 5.96 Å². The Morgan fingerprint density at radius 1 is 1.33 bits per heavy atom. The molecular formula is C22H35IN6O. The van der Waals surface area contributed by atoms with Crippen LogP contribution in [0.4, 0.5) is 0 Å². The largest absolute Gasteiger partial charge is 0.370 e. The molecule has 3 rings (SSSR count). The Kier molecular flexibility index (Phi) is 9.11. The van der Waals surface area contributed by atoms with Crippen molar-refractivity contribution >= 4 is 29.9 Å². The summed E-state index contributed by atoms with van der Waals surface area (Å²) in [6.45, 7) is 9.66. The van der Waals surface area contributed by atoms with E-state index in [1.54, 1.807) is 0 Å². The van der Waals surface area contributed by atoms with Gasteiger partial charge in [0.1, 0.15) is 6.10 Å². The first-order valence-electron chi connectivity index (χ1n) is 10.3. The van der Waals surface area contributed by atoms with Gasteiger partial charge in [-0.25, -0.2) is 0 Å². The van der Waals surface area contributed by atoms with Gasteiger partial charge < -0.3 is 20.3 Å². The van der Waals surface area contributed by atoms with Crippen LogP contribution in [0.2, 0.25) is 0 Å². The van der Waals surface area contributed by atoms with Gasteiger partial charge in [0.05, 0.1) is 19.3 Å². The zero-order valence-electron chi connectivity index (χ0n) is 18.6. The van der Waals surface area contributed by atoms with Crippen molar-refractivity contribution in [2.45, 2.75) is 38.5 Å². The molecule has 1 aromatic heterocycles. The predicted molar refractivity (Wildman–Crippen MR) is 132 cm³/mol. The molecule has 30 heavy (non-hydrogen) atoms. The Morgan fingerprint density at radius 2 is 2.07 bits per heavy atom. The summed E-state index contributed by atoms with van der Waals surface area (Å²) in [5.41, 5.74) is 2.30. The maximum atomic E-state index is 5.96. The van der Waals surface area contributed by atoms with Crippen LogP contribution < -0.4 is 10.6 Å². The van der Waals surface area contributed by atoms with Crippen molar-refractivity contribution in [3.63, 3.8) is 0 Å². The molecule has 0 bridgehead atoms. The van der Waals surface area contributed by atoms with Crippen molar-refractivity contribution in [3.05, 3.63) is 53.9 Å². The number of benzene rings is 1. The van der Waals surface area contributed by atoms with Crippen LogP contribution in [0.3, 0.4) is 0 Å². The molecule has 1 aromatic carbocycles. The van der Waals surface area contributed by atoms with Crippen molar-refractivity contribution in [1.29, 1.82) is 0 Å². The molecule has 2 unspecified atom stereocenters. The van der Waals surface area contributed by atoms with Gasteiger partial charge in [0, 0.05) is 50.5 Å². The Labute approximate surface area is 197 Å². The van der Waals surface area contributed by atoms with E-state index < -0.39 is 0 Å². The van der Waals surface area contributed by atoms with Gasteiger partial charge in [-0.05, 0) is 26.3 Å². The van der Waals surface area contributed by atoms with Crippen molar-refractivity contribution in [2.24, 2.45) is 12.0 Å². The highest BCUT2D eigenvalue weighted by molar-refractivity contribution is 14.0. The molecule has 2 aromatic rings. The quantitative estimate of drug-likeness (QED) is 0.344. The number of guanidine groups is 1. The van der Waals surface area contributed by atoms with Gasteiger partial charge in [0.25, 0.3) is 0 Å². The van der Waals surface area contributed by atoms with Gasteiger partial charge >= 0.3 is 0 Å². The van der Waals surface area contributed by atoms with E-state index in [9.17, 15) is 0 Å². The first kappa shape index (κ1) is 24.6. The molecule has 2 atom stereocenters. The Balaban J connectivity index is 0.00000320. The molecule has 7 nitrogen and oxygen atoms in total. The van der Waals surface area contributed by atoms with Crippen LogP contribution in [0.1, 0.15) is 44.0 Å². The van der Waals surface area contributed by atoms with Gasteiger partial charge in [-0.3, -0.25) is 9.67 Å². The molecule has 0 spiro atoms. The molecule has 2 N–H and O–H groups in total. The average Bonchev–Trinajstić information content (AvgIpc) is 3.15. The van der Waals surface area contributed by atoms with Gasteiger partial charge in [-0.1, -0.05) is 30.3 Å². The SMILES string of the molecule is CN=C(NCC(C)(C)NC(C)c1ccccc1)N1CCOC(c2cnn(C)c2)C1.I. The average molecular weight is 526 g/mol. The molecular weight excluding hydrogens is 491 g/mol. The van der Waals surface area contributed by atoms with E-state index in [1.165, 1.54) is 5.56 Å². The van der Waals surface area contributed by atoms with E-state index in [-0.39, 0.29) is 41.7 Å². The second-order valence-corrected chi connectivity index (χ2v) is 8.31. The number of halogens is 1. The van der Waals surface area contributed by atoms with Crippen molar-refractivity contribution in [3.8, 4) is 0 Å². The molecule has 0 radical (unpaired) electrons. The van der Waals surface area contributed by atoms with Crippen LogP contribution >= 0.6 is 24.0 Å². The molecule has 0 saturated carbocycles. The standard InChI is InChI=1S/C22H34N6O.HI/c1-17(18-9-7-6-8-10-18)26-22(2,3)16-24-21(23-4)28-11-12-29-20(15-28)19-13-25-27(5)14-19;/h6-10,13-14,17,20,26H,11-12,15-16H2,1-5H3,(H,23,24);1H. The Morgan fingerprint density at radius 3 is 2.70 bits per heavy atom. The van der Waals surface area contributed by atoms with E-state index in [4.69, 9.17) is 4.74 Å². The Hall–Kier alpha value is -1.65. The number of hydrogen-bond donors (Lipinski definition) is 2. The van der Waals surface area contributed by atoms with Crippen LogP contribution in [0.5, 0.6) is 0 Å². The molecule has 0 amide bonds. The summed E-state index contributed by atoms with van der Waals surface area (Å²) >= 11 is 0. The minimum Gasteiger partial charge on any atom is -0.370 e. The second-order valence-electron chi connectivity index (χ2n) is 8.31. The van der Waals surface area contributed by atoms with Crippen molar-refractivity contribution in [1.82, 2.24) is 25.3 Å². The number of hydrogen-bond acceptors (Lipinski definition) is 4. The minimum absolute atomic E-state index is 0. The number of morpholine rings is 1. The fourth-order valence-electron chi connectivity index (χ4n) is 3.74. The number of aromatic nitrogens is 2. The Bertz CT molecular complexity index is 807.